The monoisotopic (exact) mass is 276 g/mol. The molecule has 0 aliphatic heterocycles. The number of halogens is 1. The van der Waals surface area contributed by atoms with Crippen molar-refractivity contribution in [2.45, 2.75) is 0 Å². The van der Waals surface area contributed by atoms with Gasteiger partial charge in [-0.25, -0.2) is 4.79 Å². The third-order valence-electron chi connectivity index (χ3n) is 1.28. The van der Waals surface area contributed by atoms with Gasteiger partial charge in [0, 0.05) is 9.13 Å². The highest BCUT2D eigenvalue weighted by Crippen LogP contribution is 2.08. The Bertz CT molecular complexity index is 333. The van der Waals surface area contributed by atoms with Gasteiger partial charge >= 0.3 is 5.97 Å². The van der Waals surface area contributed by atoms with Crippen LogP contribution in [0, 0.1) is 3.57 Å². The summed E-state index contributed by atoms with van der Waals surface area (Å²) in [5, 5.41) is 8.37. The Morgan fingerprint density at radius 1 is 1.33 bits per heavy atom. The topological polar surface area (TPSA) is 54.4 Å². The molecule has 12 heavy (non-hydrogen) atoms. The molecule has 0 radical (unpaired) electrons. The fraction of sp³-hybridized carbons (Fsp3) is 0. The van der Waals surface area contributed by atoms with Crippen LogP contribution in [0.1, 0.15) is 10.4 Å². The maximum Gasteiger partial charge on any atom is 0.377 e. The van der Waals surface area contributed by atoms with E-state index in [4.69, 9.17) is 5.11 Å². The number of rotatable bonds is 2. The molecule has 3 nitrogen and oxygen atoms in total. The summed E-state index contributed by atoms with van der Waals surface area (Å²) < 4.78 is 0.847. The van der Waals surface area contributed by atoms with E-state index in [-0.39, 0.29) is 5.56 Å². The van der Waals surface area contributed by atoms with Crippen LogP contribution in [0.2, 0.25) is 0 Å². The van der Waals surface area contributed by atoms with Crippen molar-refractivity contribution in [1.82, 2.24) is 0 Å². The minimum absolute atomic E-state index is 0.217. The van der Waals surface area contributed by atoms with Gasteiger partial charge in [0.15, 0.2) is 0 Å². The van der Waals surface area contributed by atoms with Crippen LogP contribution < -0.4 is 0 Å². The SMILES string of the molecule is O=C(O)C(=O)c1cccc(I)c1. The molecular weight excluding hydrogens is 271 g/mol. The van der Waals surface area contributed by atoms with Gasteiger partial charge in [0.2, 0.25) is 0 Å². The third kappa shape index (κ3) is 2.04. The van der Waals surface area contributed by atoms with Crippen molar-refractivity contribution in [3.05, 3.63) is 33.4 Å². The summed E-state index contributed by atoms with van der Waals surface area (Å²) in [5.41, 5.74) is 0.217. The quantitative estimate of drug-likeness (QED) is 0.506. The molecule has 1 N–H and O–H groups in total. The van der Waals surface area contributed by atoms with Crippen LogP contribution in [0.15, 0.2) is 24.3 Å². The molecule has 1 aromatic rings. The largest absolute Gasteiger partial charge is 0.475 e. The van der Waals surface area contributed by atoms with Gasteiger partial charge in [-0.05, 0) is 34.7 Å². The van der Waals surface area contributed by atoms with Gasteiger partial charge < -0.3 is 5.11 Å². The fourth-order valence-corrected chi connectivity index (χ4v) is 1.30. The van der Waals surface area contributed by atoms with Gasteiger partial charge in [-0.15, -0.1) is 0 Å². The molecule has 0 aliphatic carbocycles. The number of hydrogen-bond donors (Lipinski definition) is 1. The summed E-state index contributed by atoms with van der Waals surface area (Å²) in [4.78, 5) is 21.2. The molecule has 0 fully saturated rings. The van der Waals surface area contributed by atoms with E-state index in [1.807, 2.05) is 22.6 Å². The molecule has 0 unspecified atom stereocenters. The van der Waals surface area contributed by atoms with Gasteiger partial charge in [0.1, 0.15) is 0 Å². The van der Waals surface area contributed by atoms with E-state index in [9.17, 15) is 9.59 Å². The summed E-state index contributed by atoms with van der Waals surface area (Å²) in [5.74, 6) is -2.29. The number of hydrogen-bond acceptors (Lipinski definition) is 2. The molecule has 0 saturated heterocycles. The summed E-state index contributed by atoms with van der Waals surface area (Å²) in [6, 6.07) is 6.47. The molecule has 0 bridgehead atoms. The molecule has 0 aromatic heterocycles. The van der Waals surface area contributed by atoms with Gasteiger partial charge in [-0.1, -0.05) is 12.1 Å². The first kappa shape index (κ1) is 9.18. The lowest BCUT2D eigenvalue weighted by Crippen LogP contribution is -2.12. The van der Waals surface area contributed by atoms with Crippen LogP contribution >= 0.6 is 22.6 Å². The Balaban J connectivity index is 3.04. The standard InChI is InChI=1S/C8H5IO3/c9-6-3-1-2-5(4-6)7(10)8(11)12/h1-4H,(H,11,12). The number of Topliss-reactive ketones (excluding diaryl/α,β-unsaturated/α-hetero) is 1. The van der Waals surface area contributed by atoms with E-state index < -0.39 is 11.8 Å². The zero-order valence-electron chi connectivity index (χ0n) is 5.95. The average Bonchev–Trinajstić information content (AvgIpc) is 2.03. The molecule has 0 aliphatic rings. The second-order valence-corrected chi connectivity index (χ2v) is 3.39. The van der Waals surface area contributed by atoms with Crippen LogP contribution in [0.25, 0.3) is 0 Å². The lowest BCUT2D eigenvalue weighted by atomic mass is 10.1. The third-order valence-corrected chi connectivity index (χ3v) is 1.95. The second-order valence-electron chi connectivity index (χ2n) is 2.14. The number of carbonyl (C=O) groups is 2. The zero-order chi connectivity index (χ0) is 9.14. The van der Waals surface area contributed by atoms with Crippen LogP contribution in [0.3, 0.4) is 0 Å². The Hall–Kier alpha value is -0.910. The van der Waals surface area contributed by atoms with Crippen molar-refractivity contribution >= 4 is 34.3 Å². The van der Waals surface area contributed by atoms with Gasteiger partial charge in [-0.2, -0.15) is 0 Å². The summed E-state index contributed by atoms with van der Waals surface area (Å²) in [7, 11) is 0. The van der Waals surface area contributed by atoms with Crippen LogP contribution in [0.5, 0.6) is 0 Å². The maximum absolute atomic E-state index is 10.9. The lowest BCUT2D eigenvalue weighted by Gasteiger charge is -1.95. The molecule has 0 atom stereocenters. The van der Waals surface area contributed by atoms with Crippen LogP contribution in [-0.4, -0.2) is 16.9 Å². The Morgan fingerprint density at radius 2 is 2.00 bits per heavy atom. The van der Waals surface area contributed by atoms with Crippen molar-refractivity contribution in [3.63, 3.8) is 0 Å². The molecule has 1 rings (SSSR count). The number of ketones is 1. The van der Waals surface area contributed by atoms with E-state index in [1.165, 1.54) is 12.1 Å². The Labute approximate surface area is 82.5 Å². The number of aliphatic carboxylic acids is 1. The summed E-state index contributed by atoms with van der Waals surface area (Å²) >= 11 is 2.02. The van der Waals surface area contributed by atoms with Gasteiger partial charge in [0.25, 0.3) is 5.78 Å². The van der Waals surface area contributed by atoms with Crippen molar-refractivity contribution in [1.29, 1.82) is 0 Å². The van der Waals surface area contributed by atoms with Crippen LogP contribution in [0.4, 0.5) is 0 Å². The first-order valence-electron chi connectivity index (χ1n) is 3.14. The van der Waals surface area contributed by atoms with E-state index in [0.29, 0.717) is 0 Å². The molecule has 62 valence electrons. The Kier molecular flexibility index (Phi) is 2.80. The van der Waals surface area contributed by atoms with Crippen molar-refractivity contribution < 1.29 is 14.7 Å². The first-order chi connectivity index (χ1) is 5.61. The first-order valence-corrected chi connectivity index (χ1v) is 4.22. The summed E-state index contributed by atoms with van der Waals surface area (Å²) in [6.07, 6.45) is 0. The normalized spacial score (nSPS) is 9.42. The smallest absolute Gasteiger partial charge is 0.377 e. The lowest BCUT2D eigenvalue weighted by molar-refractivity contribution is -0.131. The minimum atomic E-state index is -1.42. The van der Waals surface area contributed by atoms with Crippen LogP contribution in [-0.2, 0) is 4.79 Å². The van der Waals surface area contributed by atoms with E-state index >= 15 is 0 Å². The molecular formula is C8H5IO3. The molecule has 0 heterocycles. The molecule has 0 saturated carbocycles. The predicted octanol–water partition coefficient (Wildman–Crippen LogP) is 1.56. The highest BCUT2D eigenvalue weighted by molar-refractivity contribution is 14.1. The zero-order valence-corrected chi connectivity index (χ0v) is 8.11. The number of carbonyl (C=O) groups excluding carboxylic acids is 1. The van der Waals surface area contributed by atoms with E-state index in [2.05, 4.69) is 0 Å². The van der Waals surface area contributed by atoms with Gasteiger partial charge in [0.05, 0.1) is 0 Å². The minimum Gasteiger partial charge on any atom is -0.475 e. The second kappa shape index (κ2) is 3.66. The van der Waals surface area contributed by atoms with Gasteiger partial charge in [-0.3, -0.25) is 4.79 Å². The number of carboxylic acids is 1. The average molecular weight is 276 g/mol. The molecule has 0 amide bonds. The maximum atomic E-state index is 10.9. The highest BCUT2D eigenvalue weighted by atomic mass is 127. The fourth-order valence-electron chi connectivity index (χ4n) is 0.753. The molecule has 1 aromatic carbocycles. The Morgan fingerprint density at radius 3 is 2.50 bits per heavy atom. The van der Waals surface area contributed by atoms with Crippen molar-refractivity contribution in [3.8, 4) is 0 Å². The van der Waals surface area contributed by atoms with E-state index in [1.54, 1.807) is 12.1 Å². The predicted molar refractivity (Wildman–Crippen MR) is 51.1 cm³/mol. The van der Waals surface area contributed by atoms with E-state index in [0.717, 1.165) is 3.57 Å². The van der Waals surface area contributed by atoms with Crippen molar-refractivity contribution in [2.75, 3.05) is 0 Å². The molecule has 4 heteroatoms. The highest BCUT2D eigenvalue weighted by Gasteiger charge is 2.13. The number of benzene rings is 1. The summed E-state index contributed by atoms with van der Waals surface area (Å²) in [6.45, 7) is 0. The number of carboxylic acid groups (broad SMARTS) is 1. The molecule has 0 spiro atoms. The van der Waals surface area contributed by atoms with Crippen molar-refractivity contribution in [2.24, 2.45) is 0 Å².